The number of hydrogen-bond donors (Lipinski definition) is 1. The van der Waals surface area contributed by atoms with Gasteiger partial charge in [0.25, 0.3) is 0 Å². The quantitative estimate of drug-likeness (QED) is 0.176. The molecule has 0 unspecified atom stereocenters. The fourth-order valence-corrected chi connectivity index (χ4v) is 4.61. The van der Waals surface area contributed by atoms with Crippen LogP contribution in [0.1, 0.15) is 101 Å². The number of alkyl halides is 3. The van der Waals surface area contributed by atoms with Crippen molar-refractivity contribution in [3.05, 3.63) is 75.4 Å². The predicted molar refractivity (Wildman–Crippen MR) is 142 cm³/mol. The van der Waals surface area contributed by atoms with Gasteiger partial charge in [0.1, 0.15) is 0 Å². The van der Waals surface area contributed by atoms with Crippen LogP contribution in [0.5, 0.6) is 0 Å². The Morgan fingerprint density at radius 2 is 0.921 bits per heavy atom. The van der Waals surface area contributed by atoms with E-state index in [1.165, 1.54) is 33.6 Å². The van der Waals surface area contributed by atoms with E-state index in [-0.39, 0.29) is 0 Å². The monoisotopic (exact) mass is 601 g/mol. The number of imidazole rings is 1. The van der Waals surface area contributed by atoms with E-state index in [0.717, 1.165) is 4.32 Å². The molecular formula is C28H37CuF3N2O3S. The molecule has 215 valence electrons. The summed E-state index contributed by atoms with van der Waals surface area (Å²) in [6.07, 6.45) is 4.29. The zero-order valence-electron chi connectivity index (χ0n) is 22.9. The minimum Gasteiger partial charge on any atom is -0.279 e. The molecule has 2 aromatic carbocycles. The van der Waals surface area contributed by atoms with Gasteiger partial charge in [0.2, 0.25) is 0 Å². The first kappa shape index (κ1) is 32.1. The van der Waals surface area contributed by atoms with Crippen LogP contribution in [0.15, 0.2) is 48.8 Å². The summed E-state index contributed by atoms with van der Waals surface area (Å²) in [5.41, 5.74) is 2.32. The Hall–Kier alpha value is -2.13. The van der Waals surface area contributed by atoms with Crippen LogP contribution in [0, 0.1) is 4.32 Å². The summed E-state index contributed by atoms with van der Waals surface area (Å²) in [4.78, 5) is 0. The molecule has 10 heteroatoms. The normalized spacial score (nSPS) is 12.5. The number of rotatable bonds is 6. The zero-order valence-corrected chi connectivity index (χ0v) is 24.7. The summed E-state index contributed by atoms with van der Waals surface area (Å²) in [6.45, 7) is 18.1. The molecule has 3 aromatic rings. The second-order valence-electron chi connectivity index (χ2n) is 10.4. The van der Waals surface area contributed by atoms with Gasteiger partial charge in [-0.15, -0.1) is 0 Å². The standard InChI is InChI=1S/C27H36N2.CHF3O3S.Cu/c1-18(2)22-11-9-12-23(19(3)4)26(22)28-15-16-29(17-28)27-24(20(5)6)13-10-14-25(27)21(7)8;2-1(3,4)8(5,6)7;/h9-16,18-21H,1-8H3;(H,5,6,7);. The summed E-state index contributed by atoms with van der Waals surface area (Å²) >= 11 is 6.29. The molecule has 0 fully saturated rings. The van der Waals surface area contributed by atoms with Crippen LogP contribution < -0.4 is 0 Å². The molecule has 0 aliphatic heterocycles. The van der Waals surface area contributed by atoms with E-state index in [2.05, 4.69) is 113 Å². The van der Waals surface area contributed by atoms with Crippen LogP contribution in [-0.2, 0) is 25.7 Å². The predicted octanol–water partition coefficient (Wildman–Crippen LogP) is 8.23. The Kier molecular flexibility index (Phi) is 10.4. The van der Waals surface area contributed by atoms with Crippen LogP contribution in [-0.4, -0.2) is 27.6 Å². The molecule has 0 saturated heterocycles. The Balaban J connectivity index is 0.000000550. The van der Waals surface area contributed by atoms with Gasteiger partial charge >= 0.3 is 206 Å². The van der Waals surface area contributed by atoms with Gasteiger partial charge in [0.15, 0.2) is 0 Å². The second-order valence-corrected chi connectivity index (χ2v) is 12.2. The molecule has 3 rings (SSSR count). The number of aromatic nitrogens is 2. The summed E-state index contributed by atoms with van der Waals surface area (Å²) in [6, 6.07) is 13.3. The molecule has 0 aliphatic carbocycles. The first-order valence-electron chi connectivity index (χ1n) is 12.4. The molecule has 1 aromatic heterocycles. The average molecular weight is 602 g/mol. The Labute approximate surface area is 231 Å². The van der Waals surface area contributed by atoms with Crippen LogP contribution in [0.3, 0.4) is 0 Å². The number of halogens is 3. The maximum atomic E-state index is 10.7. The topological polar surface area (TPSA) is 64.2 Å². The van der Waals surface area contributed by atoms with Gasteiger partial charge in [-0.05, 0) is 0 Å². The maximum Gasteiger partial charge on any atom is 0.522 e. The number of benzene rings is 2. The first-order valence-corrected chi connectivity index (χ1v) is 14.4. The van der Waals surface area contributed by atoms with Crippen molar-refractivity contribution in [3.8, 4) is 11.4 Å². The molecule has 38 heavy (non-hydrogen) atoms. The van der Waals surface area contributed by atoms with E-state index >= 15 is 0 Å². The average Bonchev–Trinajstić information content (AvgIpc) is 3.17. The number of nitrogens with zero attached hydrogens (tertiary/aromatic N) is 2. The summed E-state index contributed by atoms with van der Waals surface area (Å²) in [7, 11) is -5.84. The molecule has 0 amide bonds. The molecule has 5 nitrogen and oxygen atoms in total. The summed E-state index contributed by atoms with van der Waals surface area (Å²) < 4.78 is 62.8. The van der Waals surface area contributed by atoms with Gasteiger partial charge in [-0.25, -0.2) is 0 Å². The van der Waals surface area contributed by atoms with Gasteiger partial charge < -0.3 is 0 Å². The Morgan fingerprint density at radius 3 is 1.11 bits per heavy atom. The van der Waals surface area contributed by atoms with Crippen molar-refractivity contribution in [2.24, 2.45) is 0 Å². The van der Waals surface area contributed by atoms with E-state index < -0.39 is 15.6 Å². The number of hydrogen-bond acceptors (Lipinski definition) is 2. The van der Waals surface area contributed by atoms with Crippen molar-refractivity contribution in [3.63, 3.8) is 0 Å². The van der Waals surface area contributed by atoms with E-state index in [0.29, 0.717) is 23.7 Å². The molecule has 0 spiro atoms. The van der Waals surface area contributed by atoms with E-state index in [9.17, 15) is 13.2 Å². The fourth-order valence-electron chi connectivity index (χ4n) is 4.26. The van der Waals surface area contributed by atoms with Crippen molar-refractivity contribution in [1.29, 1.82) is 0 Å². The first-order chi connectivity index (χ1) is 17.4. The van der Waals surface area contributed by atoms with Gasteiger partial charge in [0.05, 0.1) is 0 Å². The number of para-hydroxylation sites is 2. The van der Waals surface area contributed by atoms with Gasteiger partial charge in [-0.2, -0.15) is 21.6 Å². The zero-order chi connectivity index (χ0) is 29.2. The van der Waals surface area contributed by atoms with E-state index in [1.807, 2.05) is 0 Å². The van der Waals surface area contributed by atoms with Crippen LogP contribution in [0.25, 0.3) is 11.4 Å². The minimum absolute atomic E-state index is 0.427. The molecular weight excluding hydrogens is 565 g/mol. The molecule has 0 atom stereocenters. The van der Waals surface area contributed by atoms with Crippen LogP contribution in [0.2, 0.25) is 0 Å². The van der Waals surface area contributed by atoms with Gasteiger partial charge in [-0.1, -0.05) is 0 Å². The third kappa shape index (κ3) is 7.08. The van der Waals surface area contributed by atoms with E-state index in [1.54, 1.807) is 0 Å². The maximum absolute atomic E-state index is 10.7. The molecule has 0 aliphatic rings. The van der Waals surface area contributed by atoms with Crippen molar-refractivity contribution in [1.82, 2.24) is 9.13 Å². The van der Waals surface area contributed by atoms with Crippen molar-refractivity contribution >= 4 is 10.1 Å². The van der Waals surface area contributed by atoms with Crippen molar-refractivity contribution < 1.29 is 41.7 Å². The summed E-state index contributed by atoms with van der Waals surface area (Å²) in [5.74, 6) is 1.71. The van der Waals surface area contributed by atoms with Gasteiger partial charge in [-0.3, -0.25) is 4.55 Å². The Morgan fingerprint density at radius 1 is 0.684 bits per heavy atom. The molecule has 1 N–H and O–H groups in total. The fraction of sp³-hybridized carbons (Fsp3) is 0.464. The van der Waals surface area contributed by atoms with Crippen molar-refractivity contribution in [2.75, 3.05) is 0 Å². The van der Waals surface area contributed by atoms with Crippen molar-refractivity contribution in [2.45, 2.75) is 84.6 Å². The Bertz CT molecular complexity index is 1280. The van der Waals surface area contributed by atoms with Crippen LogP contribution >= 0.6 is 0 Å². The molecule has 0 bridgehead atoms. The largest absolute Gasteiger partial charge is 0.522 e. The minimum atomic E-state index is -5.84. The van der Waals surface area contributed by atoms with E-state index in [4.69, 9.17) is 28.5 Å². The molecule has 0 radical (unpaired) electrons. The molecule has 1 heterocycles. The van der Waals surface area contributed by atoms with Crippen LogP contribution in [0.4, 0.5) is 13.2 Å². The van der Waals surface area contributed by atoms with Gasteiger partial charge in [0, 0.05) is 0 Å². The summed E-state index contributed by atoms with van der Waals surface area (Å²) in [5, 5.41) is 0. The third-order valence-corrected chi connectivity index (χ3v) is 7.22. The molecule has 0 saturated carbocycles. The smallest absolute Gasteiger partial charge is 0.279 e. The SMILES string of the molecule is CC(C)c1cccc(C(C)C)c1-n1ccn(-c2c(C(C)C)cccc2C(C)C)[c]1=[Cu].O=S(=O)(O)C(F)(F)F. The second kappa shape index (κ2) is 12.4. The third-order valence-electron chi connectivity index (χ3n) is 6.18.